The molecular weight excluding hydrogens is 408 g/mol. The van der Waals surface area contributed by atoms with Crippen molar-refractivity contribution in [1.82, 2.24) is 0 Å². The van der Waals surface area contributed by atoms with Gasteiger partial charge in [0.1, 0.15) is 11.5 Å². The molecule has 6 nitrogen and oxygen atoms in total. The monoisotopic (exact) mass is 440 g/mol. The molecule has 0 saturated heterocycles. The van der Waals surface area contributed by atoms with Crippen molar-refractivity contribution in [2.45, 2.75) is 32.1 Å². The lowest BCUT2D eigenvalue weighted by Crippen LogP contribution is -2.15. The van der Waals surface area contributed by atoms with E-state index >= 15 is 0 Å². The number of benzene rings is 2. The molecule has 1 aliphatic carbocycles. The van der Waals surface area contributed by atoms with E-state index in [1.807, 2.05) is 24.3 Å². The number of methoxy groups -OCH3 is 3. The maximum Gasteiger partial charge on any atom is 0.305 e. The Bertz CT molecular complexity index is 832. The minimum absolute atomic E-state index is 0.142. The fourth-order valence-electron chi connectivity index (χ4n) is 4.14. The summed E-state index contributed by atoms with van der Waals surface area (Å²) in [6.45, 7) is 0.427. The number of carbonyl (C=O) groups excluding carboxylic acids is 1. The van der Waals surface area contributed by atoms with E-state index < -0.39 is 0 Å². The van der Waals surface area contributed by atoms with Gasteiger partial charge in [-0.25, -0.2) is 0 Å². The van der Waals surface area contributed by atoms with Crippen LogP contribution < -0.4 is 9.47 Å². The van der Waals surface area contributed by atoms with Crippen LogP contribution in [0.15, 0.2) is 54.1 Å². The van der Waals surface area contributed by atoms with Crippen molar-refractivity contribution in [2.24, 2.45) is 5.92 Å². The minimum Gasteiger partial charge on any atom is -0.469 e. The molecule has 32 heavy (non-hydrogen) atoms. The molecule has 2 aromatic rings. The Morgan fingerprint density at radius 3 is 1.84 bits per heavy atom. The zero-order valence-corrected chi connectivity index (χ0v) is 19.1. The topological polar surface area (TPSA) is 63.2 Å². The Morgan fingerprint density at radius 1 is 0.844 bits per heavy atom. The van der Waals surface area contributed by atoms with Gasteiger partial charge in [0.2, 0.25) is 0 Å². The van der Waals surface area contributed by atoms with Gasteiger partial charge in [-0.15, -0.1) is 0 Å². The molecule has 3 rings (SSSR count). The fraction of sp³-hybridized carbons (Fsp3) is 0.423. The Morgan fingerprint density at radius 2 is 1.38 bits per heavy atom. The summed E-state index contributed by atoms with van der Waals surface area (Å²) in [5.41, 5.74) is 4.81. The number of esters is 1. The molecule has 0 radical (unpaired) electrons. The standard InChI is InChI=1S/C26H32O6/c1-28-17-31-23-11-7-20(8-12-23)26(21-9-13-24(14-10-21)32-18-29-2)22-6-4-5-19(15-22)16-25(27)30-3/h7-14,19H,4-6,15-18H2,1-3H3. The van der Waals surface area contributed by atoms with E-state index in [-0.39, 0.29) is 19.6 Å². The number of hydrogen-bond acceptors (Lipinski definition) is 6. The van der Waals surface area contributed by atoms with Crippen LogP contribution >= 0.6 is 0 Å². The van der Waals surface area contributed by atoms with Crippen LogP contribution in [0.4, 0.5) is 0 Å². The first-order chi connectivity index (χ1) is 15.6. The Hall–Kier alpha value is -2.83. The van der Waals surface area contributed by atoms with E-state index in [4.69, 9.17) is 23.7 Å². The average Bonchev–Trinajstić information content (AvgIpc) is 2.83. The molecule has 0 heterocycles. The summed E-state index contributed by atoms with van der Waals surface area (Å²) >= 11 is 0. The van der Waals surface area contributed by atoms with E-state index in [1.165, 1.54) is 18.3 Å². The maximum absolute atomic E-state index is 11.9. The van der Waals surface area contributed by atoms with Crippen LogP contribution in [0.5, 0.6) is 11.5 Å². The van der Waals surface area contributed by atoms with Crippen LogP contribution in [0.1, 0.15) is 43.2 Å². The summed E-state index contributed by atoms with van der Waals surface area (Å²) < 4.78 is 26.0. The lowest BCUT2D eigenvalue weighted by molar-refractivity contribution is -0.141. The molecule has 1 saturated carbocycles. The van der Waals surface area contributed by atoms with Crippen molar-refractivity contribution >= 4 is 11.5 Å². The summed E-state index contributed by atoms with van der Waals surface area (Å²) in [5, 5.41) is 0. The van der Waals surface area contributed by atoms with Crippen molar-refractivity contribution < 1.29 is 28.5 Å². The third-order valence-corrected chi connectivity index (χ3v) is 5.64. The summed E-state index contributed by atoms with van der Waals surface area (Å²) in [4.78, 5) is 11.9. The molecule has 2 aromatic carbocycles. The fourth-order valence-corrected chi connectivity index (χ4v) is 4.14. The minimum atomic E-state index is -0.142. The first-order valence-electron chi connectivity index (χ1n) is 10.9. The van der Waals surface area contributed by atoms with Crippen molar-refractivity contribution in [1.29, 1.82) is 0 Å². The molecule has 0 spiro atoms. The number of carbonyl (C=O) groups is 1. The third-order valence-electron chi connectivity index (χ3n) is 5.64. The number of ether oxygens (including phenoxy) is 5. The SMILES string of the molecule is COCOc1ccc(C(=C2CCCC(CC(=O)OC)C2)c2ccc(OCOC)cc2)cc1. The second kappa shape index (κ2) is 12.3. The zero-order valence-electron chi connectivity index (χ0n) is 19.1. The van der Waals surface area contributed by atoms with Crippen LogP contribution in [0.3, 0.4) is 0 Å². The third kappa shape index (κ3) is 6.58. The van der Waals surface area contributed by atoms with Gasteiger partial charge in [0.15, 0.2) is 13.6 Å². The lowest BCUT2D eigenvalue weighted by Gasteiger charge is -2.26. The van der Waals surface area contributed by atoms with Gasteiger partial charge in [-0.05, 0) is 72.6 Å². The molecule has 1 atom stereocenters. The number of hydrogen-bond donors (Lipinski definition) is 0. The van der Waals surface area contributed by atoms with Crippen LogP contribution in [-0.4, -0.2) is 40.9 Å². The van der Waals surface area contributed by atoms with Gasteiger partial charge in [-0.3, -0.25) is 4.79 Å². The van der Waals surface area contributed by atoms with E-state index in [0.29, 0.717) is 12.3 Å². The van der Waals surface area contributed by atoms with Crippen LogP contribution in [-0.2, 0) is 19.0 Å². The lowest BCUT2D eigenvalue weighted by atomic mass is 9.79. The second-order valence-electron chi connectivity index (χ2n) is 7.87. The number of allylic oxidation sites excluding steroid dienone is 1. The zero-order chi connectivity index (χ0) is 22.8. The maximum atomic E-state index is 11.9. The average molecular weight is 441 g/mol. The van der Waals surface area contributed by atoms with Crippen LogP contribution in [0, 0.1) is 5.92 Å². The van der Waals surface area contributed by atoms with Gasteiger partial charge < -0.3 is 23.7 Å². The smallest absolute Gasteiger partial charge is 0.305 e. The molecule has 1 aliphatic rings. The normalized spacial score (nSPS) is 15.8. The molecule has 172 valence electrons. The largest absolute Gasteiger partial charge is 0.469 e. The molecule has 0 aromatic heterocycles. The quantitative estimate of drug-likeness (QED) is 0.373. The molecule has 1 unspecified atom stereocenters. The summed E-state index contributed by atoms with van der Waals surface area (Å²) in [6, 6.07) is 16.1. The highest BCUT2D eigenvalue weighted by atomic mass is 16.7. The Kier molecular flexibility index (Phi) is 9.13. The molecule has 6 heteroatoms. The molecule has 0 N–H and O–H groups in total. The second-order valence-corrected chi connectivity index (χ2v) is 7.87. The predicted octanol–water partition coefficient (Wildman–Crippen LogP) is 5.21. The van der Waals surface area contributed by atoms with E-state index in [1.54, 1.807) is 14.2 Å². The van der Waals surface area contributed by atoms with Gasteiger partial charge in [0, 0.05) is 20.6 Å². The van der Waals surface area contributed by atoms with Crippen molar-refractivity contribution in [3.63, 3.8) is 0 Å². The van der Waals surface area contributed by atoms with Crippen molar-refractivity contribution in [2.75, 3.05) is 34.9 Å². The molecule has 0 aliphatic heterocycles. The van der Waals surface area contributed by atoms with E-state index in [0.717, 1.165) is 48.3 Å². The molecule has 1 fully saturated rings. The highest BCUT2D eigenvalue weighted by Crippen LogP contribution is 2.39. The summed E-state index contributed by atoms with van der Waals surface area (Å²) in [5.74, 6) is 1.68. The summed E-state index contributed by atoms with van der Waals surface area (Å²) in [7, 11) is 4.66. The Balaban J connectivity index is 1.93. The van der Waals surface area contributed by atoms with E-state index in [9.17, 15) is 4.79 Å². The first kappa shape index (κ1) is 23.8. The van der Waals surface area contributed by atoms with Gasteiger partial charge in [-0.2, -0.15) is 0 Å². The Labute approximate surface area is 190 Å². The van der Waals surface area contributed by atoms with Crippen molar-refractivity contribution in [3.05, 3.63) is 65.2 Å². The first-order valence-corrected chi connectivity index (χ1v) is 10.9. The predicted molar refractivity (Wildman–Crippen MR) is 123 cm³/mol. The molecule has 0 bridgehead atoms. The van der Waals surface area contributed by atoms with Crippen LogP contribution in [0.25, 0.3) is 5.57 Å². The van der Waals surface area contributed by atoms with Gasteiger partial charge >= 0.3 is 5.97 Å². The van der Waals surface area contributed by atoms with Gasteiger partial charge in [-0.1, -0.05) is 29.8 Å². The highest BCUT2D eigenvalue weighted by Gasteiger charge is 2.23. The number of rotatable bonds is 10. The molecular formula is C26H32O6. The van der Waals surface area contributed by atoms with Gasteiger partial charge in [0.05, 0.1) is 7.11 Å². The highest BCUT2D eigenvalue weighted by molar-refractivity contribution is 5.83. The van der Waals surface area contributed by atoms with Crippen molar-refractivity contribution in [3.8, 4) is 11.5 Å². The van der Waals surface area contributed by atoms with Crippen LogP contribution in [0.2, 0.25) is 0 Å². The van der Waals surface area contributed by atoms with E-state index in [2.05, 4.69) is 24.3 Å². The summed E-state index contributed by atoms with van der Waals surface area (Å²) in [6.07, 6.45) is 4.45. The molecule has 0 amide bonds. The van der Waals surface area contributed by atoms with Gasteiger partial charge in [0.25, 0.3) is 0 Å².